The molecule has 0 bridgehead atoms. The average Bonchev–Trinajstić information content (AvgIpc) is 3.07. The summed E-state index contributed by atoms with van der Waals surface area (Å²) in [4.78, 5) is 13.8. The quantitative estimate of drug-likeness (QED) is 0.407. The molecule has 0 radical (unpaired) electrons. The lowest BCUT2D eigenvalue weighted by Crippen LogP contribution is -2.21. The van der Waals surface area contributed by atoms with Crippen LogP contribution in [0.5, 0.6) is 5.75 Å². The van der Waals surface area contributed by atoms with Crippen molar-refractivity contribution in [2.45, 2.75) is 6.92 Å². The molecular weight excluding hydrogens is 372 g/mol. The molecule has 30 heavy (non-hydrogen) atoms. The van der Waals surface area contributed by atoms with E-state index in [4.69, 9.17) is 4.74 Å². The van der Waals surface area contributed by atoms with Gasteiger partial charge in [0.25, 0.3) is 5.56 Å². The van der Waals surface area contributed by atoms with Gasteiger partial charge in [0.05, 0.1) is 12.8 Å². The number of hydrogen-bond acceptors (Lipinski definition) is 2. The van der Waals surface area contributed by atoms with Crippen molar-refractivity contribution in [2.75, 3.05) is 7.11 Å². The Labute approximate surface area is 174 Å². The Bertz CT molecular complexity index is 1440. The van der Waals surface area contributed by atoms with Gasteiger partial charge in [-0.15, -0.1) is 0 Å². The summed E-state index contributed by atoms with van der Waals surface area (Å²) in [7, 11) is 3.59. The molecule has 0 fully saturated rings. The van der Waals surface area contributed by atoms with Gasteiger partial charge >= 0.3 is 0 Å². The van der Waals surface area contributed by atoms with Crippen molar-refractivity contribution in [3.8, 4) is 22.7 Å². The fourth-order valence-corrected chi connectivity index (χ4v) is 4.17. The van der Waals surface area contributed by atoms with Gasteiger partial charge in [0.2, 0.25) is 0 Å². The molecule has 0 aliphatic rings. The fourth-order valence-electron chi connectivity index (χ4n) is 4.17. The topological polar surface area (TPSA) is 36.2 Å². The van der Waals surface area contributed by atoms with Gasteiger partial charge in [-0.1, -0.05) is 48.0 Å². The predicted molar refractivity (Wildman–Crippen MR) is 123 cm³/mol. The number of fused-ring (bicyclic) bond motifs is 3. The van der Waals surface area contributed by atoms with Crippen LogP contribution in [0.2, 0.25) is 0 Å². The summed E-state index contributed by atoms with van der Waals surface area (Å²) in [5.41, 5.74) is 5.57. The highest BCUT2D eigenvalue weighted by atomic mass is 16.5. The van der Waals surface area contributed by atoms with Gasteiger partial charge in [-0.25, -0.2) is 0 Å². The molecule has 0 unspecified atom stereocenters. The van der Waals surface area contributed by atoms with Gasteiger partial charge in [0.1, 0.15) is 11.3 Å². The third kappa shape index (κ3) is 2.72. The number of ether oxygens (including phenoxy) is 1. The normalized spacial score (nSPS) is 11.3. The van der Waals surface area contributed by atoms with Crippen molar-refractivity contribution in [3.05, 3.63) is 94.8 Å². The minimum Gasteiger partial charge on any atom is -0.497 e. The van der Waals surface area contributed by atoms with E-state index in [2.05, 4.69) is 49.4 Å². The molecule has 2 aromatic heterocycles. The highest BCUT2D eigenvalue weighted by Crippen LogP contribution is 2.31. The van der Waals surface area contributed by atoms with Gasteiger partial charge in [-0.3, -0.25) is 9.36 Å². The largest absolute Gasteiger partial charge is 0.497 e. The molecule has 0 N–H and O–H groups in total. The molecule has 148 valence electrons. The lowest BCUT2D eigenvalue weighted by molar-refractivity contribution is 0.414. The number of aryl methyl sites for hydroxylation is 2. The molecule has 4 nitrogen and oxygen atoms in total. The van der Waals surface area contributed by atoms with E-state index in [0.29, 0.717) is 5.52 Å². The maximum Gasteiger partial charge on any atom is 0.280 e. The second kappa shape index (κ2) is 6.92. The van der Waals surface area contributed by atoms with E-state index in [-0.39, 0.29) is 5.56 Å². The predicted octanol–water partition coefficient (Wildman–Crippen LogP) is 5.47. The maximum atomic E-state index is 13.8. The van der Waals surface area contributed by atoms with Gasteiger partial charge in [-0.2, -0.15) is 0 Å². The van der Waals surface area contributed by atoms with Crippen LogP contribution in [0, 0.1) is 6.92 Å². The number of nitrogens with zero attached hydrogens (tertiary/aromatic N) is 2. The Hall–Kier alpha value is -3.79. The van der Waals surface area contributed by atoms with E-state index < -0.39 is 0 Å². The second-order valence-corrected chi connectivity index (χ2v) is 7.57. The molecular formula is C26H22N2O2. The van der Waals surface area contributed by atoms with Crippen LogP contribution in [0.25, 0.3) is 38.8 Å². The standard InChI is InChI=1S/C26H22N2O2/c1-17-8-10-18(11-9-17)24-16-22-21-6-4-5-7-23(21)27(2)25(22)26(29)28(24)19-12-14-20(30-3)15-13-19/h4-16H,1-3H3. The minimum atomic E-state index is -0.0352. The molecule has 3 aromatic carbocycles. The number of para-hydroxylation sites is 1. The summed E-state index contributed by atoms with van der Waals surface area (Å²) in [6, 6.07) is 26.2. The summed E-state index contributed by atoms with van der Waals surface area (Å²) in [5.74, 6) is 0.759. The van der Waals surface area contributed by atoms with Crippen LogP contribution in [0.1, 0.15) is 5.56 Å². The first kappa shape index (κ1) is 18.3. The molecule has 0 aliphatic carbocycles. The number of methoxy groups -OCH3 is 1. The van der Waals surface area contributed by atoms with Crippen molar-refractivity contribution in [2.24, 2.45) is 7.05 Å². The zero-order valence-electron chi connectivity index (χ0n) is 17.2. The van der Waals surface area contributed by atoms with Crippen LogP contribution < -0.4 is 10.3 Å². The maximum absolute atomic E-state index is 13.8. The number of rotatable bonds is 3. The van der Waals surface area contributed by atoms with Gasteiger partial charge in [0.15, 0.2) is 0 Å². The smallest absolute Gasteiger partial charge is 0.280 e. The van der Waals surface area contributed by atoms with Crippen LogP contribution in [0.15, 0.2) is 83.7 Å². The van der Waals surface area contributed by atoms with E-state index >= 15 is 0 Å². The number of pyridine rings is 1. The second-order valence-electron chi connectivity index (χ2n) is 7.57. The Balaban J connectivity index is 1.92. The minimum absolute atomic E-state index is 0.0352. The van der Waals surface area contributed by atoms with Gasteiger partial charge in [-0.05, 0) is 48.9 Å². The van der Waals surface area contributed by atoms with Crippen LogP contribution in [0.3, 0.4) is 0 Å². The molecule has 0 saturated carbocycles. The zero-order chi connectivity index (χ0) is 20.8. The van der Waals surface area contributed by atoms with Crippen molar-refractivity contribution < 1.29 is 4.74 Å². The third-order valence-electron chi connectivity index (χ3n) is 5.75. The number of benzene rings is 3. The summed E-state index contributed by atoms with van der Waals surface area (Å²) in [6.45, 7) is 2.06. The Morgan fingerprint density at radius 3 is 2.23 bits per heavy atom. The lowest BCUT2D eigenvalue weighted by atomic mass is 10.1. The summed E-state index contributed by atoms with van der Waals surface area (Å²) < 4.78 is 9.09. The third-order valence-corrected chi connectivity index (χ3v) is 5.75. The lowest BCUT2D eigenvalue weighted by Gasteiger charge is -2.15. The Kier molecular flexibility index (Phi) is 4.21. The highest BCUT2D eigenvalue weighted by Gasteiger charge is 2.18. The molecule has 0 amide bonds. The highest BCUT2D eigenvalue weighted by molar-refractivity contribution is 6.08. The fraction of sp³-hybridized carbons (Fsp3) is 0.115. The van der Waals surface area contributed by atoms with Crippen molar-refractivity contribution >= 4 is 21.8 Å². The molecule has 0 atom stereocenters. The molecule has 5 rings (SSSR count). The van der Waals surface area contributed by atoms with Crippen molar-refractivity contribution in [1.82, 2.24) is 9.13 Å². The molecule has 2 heterocycles. The first-order chi connectivity index (χ1) is 14.6. The molecule has 0 aliphatic heterocycles. The molecule has 0 saturated heterocycles. The van der Waals surface area contributed by atoms with E-state index in [1.807, 2.05) is 48.0 Å². The van der Waals surface area contributed by atoms with Crippen LogP contribution in [0.4, 0.5) is 0 Å². The van der Waals surface area contributed by atoms with Crippen molar-refractivity contribution in [1.29, 1.82) is 0 Å². The van der Waals surface area contributed by atoms with E-state index in [1.54, 1.807) is 11.7 Å². The van der Waals surface area contributed by atoms with E-state index in [0.717, 1.165) is 39.0 Å². The summed E-state index contributed by atoms with van der Waals surface area (Å²) >= 11 is 0. The first-order valence-electron chi connectivity index (χ1n) is 9.93. The molecule has 4 heteroatoms. The SMILES string of the molecule is COc1ccc(-n2c(-c3ccc(C)cc3)cc3c4ccccc4n(C)c3c2=O)cc1. The average molecular weight is 394 g/mol. The van der Waals surface area contributed by atoms with E-state index in [9.17, 15) is 4.79 Å². The zero-order valence-corrected chi connectivity index (χ0v) is 17.2. The van der Waals surface area contributed by atoms with Crippen LogP contribution >= 0.6 is 0 Å². The molecule has 0 spiro atoms. The van der Waals surface area contributed by atoms with Crippen LogP contribution in [-0.2, 0) is 7.05 Å². The van der Waals surface area contributed by atoms with Gasteiger partial charge in [0, 0.05) is 29.0 Å². The Morgan fingerprint density at radius 1 is 0.833 bits per heavy atom. The Morgan fingerprint density at radius 2 is 1.53 bits per heavy atom. The molecule has 5 aromatic rings. The number of aromatic nitrogens is 2. The van der Waals surface area contributed by atoms with E-state index in [1.165, 1.54) is 5.56 Å². The first-order valence-corrected chi connectivity index (χ1v) is 9.93. The summed E-state index contributed by atoms with van der Waals surface area (Å²) in [6.07, 6.45) is 0. The van der Waals surface area contributed by atoms with Crippen LogP contribution in [-0.4, -0.2) is 16.2 Å². The summed E-state index contributed by atoms with van der Waals surface area (Å²) in [5, 5.41) is 2.06. The van der Waals surface area contributed by atoms with Gasteiger partial charge < -0.3 is 9.30 Å². The monoisotopic (exact) mass is 394 g/mol. The number of hydrogen-bond donors (Lipinski definition) is 0. The van der Waals surface area contributed by atoms with Crippen molar-refractivity contribution in [3.63, 3.8) is 0 Å².